The summed E-state index contributed by atoms with van der Waals surface area (Å²) in [5.74, 6) is 2.21. The number of anilines is 2. The topological polar surface area (TPSA) is 78.7 Å². The molecule has 0 aliphatic carbocycles. The molecular formula is C29H28FN7O. The lowest BCUT2D eigenvalue weighted by molar-refractivity contribution is -0.129. The molecule has 5 aromatic rings. The third kappa shape index (κ3) is 4.63. The van der Waals surface area contributed by atoms with E-state index in [4.69, 9.17) is 10.1 Å². The van der Waals surface area contributed by atoms with Gasteiger partial charge < -0.3 is 15.1 Å². The molecule has 1 amide bonds. The number of hydrogen-bond acceptors (Lipinski definition) is 6. The maximum absolute atomic E-state index is 13.5. The van der Waals surface area contributed by atoms with Crippen LogP contribution >= 0.6 is 0 Å². The minimum absolute atomic E-state index is 0.0221. The molecule has 9 heteroatoms. The van der Waals surface area contributed by atoms with Gasteiger partial charge in [0.25, 0.3) is 5.78 Å². The zero-order valence-corrected chi connectivity index (χ0v) is 21.3. The van der Waals surface area contributed by atoms with Crippen molar-refractivity contribution in [3.8, 4) is 11.4 Å². The van der Waals surface area contributed by atoms with Crippen molar-refractivity contribution >= 4 is 34.1 Å². The number of piperazine rings is 1. The number of carbonyl (C=O) groups excluding carboxylic acids is 1. The van der Waals surface area contributed by atoms with E-state index in [1.807, 2.05) is 23.1 Å². The van der Waals surface area contributed by atoms with Gasteiger partial charge in [-0.15, -0.1) is 5.10 Å². The van der Waals surface area contributed by atoms with Crippen LogP contribution < -0.4 is 10.2 Å². The van der Waals surface area contributed by atoms with E-state index in [1.165, 1.54) is 22.9 Å². The Morgan fingerprint density at radius 3 is 2.39 bits per heavy atom. The largest absolute Gasteiger partial charge is 0.363 e. The maximum atomic E-state index is 13.5. The summed E-state index contributed by atoms with van der Waals surface area (Å²) in [5, 5.41) is 10.7. The molecule has 6 rings (SSSR count). The van der Waals surface area contributed by atoms with Gasteiger partial charge >= 0.3 is 0 Å². The van der Waals surface area contributed by atoms with Crippen LogP contribution in [0.4, 0.5) is 16.0 Å². The van der Waals surface area contributed by atoms with Crippen LogP contribution in [0.25, 0.3) is 27.9 Å². The van der Waals surface area contributed by atoms with Crippen LogP contribution in [0.15, 0.2) is 72.8 Å². The molecule has 1 fully saturated rings. The van der Waals surface area contributed by atoms with Crippen LogP contribution in [0.1, 0.15) is 25.5 Å². The fourth-order valence-corrected chi connectivity index (χ4v) is 4.87. The van der Waals surface area contributed by atoms with E-state index in [-0.39, 0.29) is 17.8 Å². The van der Waals surface area contributed by atoms with Crippen molar-refractivity contribution in [2.24, 2.45) is 0 Å². The Morgan fingerprint density at radius 2 is 1.66 bits per heavy atom. The normalized spacial score (nSPS) is 14.7. The summed E-state index contributed by atoms with van der Waals surface area (Å²) in [7, 11) is 0. The number of nitrogens with one attached hydrogen (secondary N) is 1. The summed E-state index contributed by atoms with van der Waals surface area (Å²) in [6.07, 6.45) is 0. The summed E-state index contributed by atoms with van der Waals surface area (Å²) in [6, 6.07) is 22.8. The van der Waals surface area contributed by atoms with Crippen molar-refractivity contribution in [1.82, 2.24) is 24.5 Å². The molecule has 0 spiro atoms. The van der Waals surface area contributed by atoms with Gasteiger partial charge in [0.1, 0.15) is 17.5 Å². The minimum Gasteiger partial charge on any atom is -0.363 e. The van der Waals surface area contributed by atoms with Crippen molar-refractivity contribution in [2.75, 3.05) is 36.4 Å². The Bertz CT molecular complexity index is 1620. The molecule has 3 aromatic carbocycles. The quantitative estimate of drug-likeness (QED) is 0.362. The predicted molar refractivity (Wildman–Crippen MR) is 147 cm³/mol. The van der Waals surface area contributed by atoms with E-state index in [0.717, 1.165) is 17.2 Å². The van der Waals surface area contributed by atoms with Crippen LogP contribution in [0.3, 0.4) is 0 Å². The molecule has 8 nitrogen and oxygen atoms in total. The zero-order chi connectivity index (χ0) is 26.2. The first kappa shape index (κ1) is 23.8. The van der Waals surface area contributed by atoms with Crippen molar-refractivity contribution in [1.29, 1.82) is 0 Å². The molecule has 0 bridgehead atoms. The highest BCUT2D eigenvalue weighted by Gasteiger charge is 2.22. The van der Waals surface area contributed by atoms with Gasteiger partial charge in [0, 0.05) is 50.8 Å². The van der Waals surface area contributed by atoms with Gasteiger partial charge in [-0.2, -0.15) is 14.5 Å². The molecule has 1 aliphatic heterocycles. The number of benzene rings is 3. The Morgan fingerprint density at radius 1 is 0.921 bits per heavy atom. The van der Waals surface area contributed by atoms with Crippen molar-refractivity contribution < 1.29 is 9.18 Å². The minimum atomic E-state index is -0.311. The number of amides is 1. The Balaban J connectivity index is 1.37. The van der Waals surface area contributed by atoms with Crippen LogP contribution in [0.5, 0.6) is 0 Å². The van der Waals surface area contributed by atoms with Crippen molar-refractivity contribution in [3.63, 3.8) is 0 Å². The van der Waals surface area contributed by atoms with E-state index in [1.54, 1.807) is 23.6 Å². The lowest BCUT2D eigenvalue weighted by atomic mass is 10.0. The van der Waals surface area contributed by atoms with E-state index >= 15 is 0 Å². The Labute approximate surface area is 219 Å². The van der Waals surface area contributed by atoms with Crippen LogP contribution in [0.2, 0.25) is 0 Å². The standard InChI is InChI=1S/C29H28FN7O/c1-19(23-8-7-21-5-3-4-6-24(21)17-23)31-27-18-26(36-15-13-35(14-16-36)20(2)38)32-29-33-28(34-37(27)29)22-9-11-25(30)12-10-22/h3-12,17-19,31H,13-16H2,1-2H3/t19-/m1/s1. The third-order valence-corrected chi connectivity index (χ3v) is 7.09. The number of halogens is 1. The first-order valence-electron chi connectivity index (χ1n) is 12.7. The molecular weight excluding hydrogens is 481 g/mol. The number of carbonyl (C=O) groups is 1. The first-order valence-corrected chi connectivity index (χ1v) is 12.7. The predicted octanol–water partition coefficient (Wildman–Crippen LogP) is 4.93. The molecule has 2 aromatic heterocycles. The van der Waals surface area contributed by atoms with Gasteiger partial charge in [0.05, 0.1) is 0 Å². The fraction of sp³-hybridized carbons (Fsp3) is 0.241. The van der Waals surface area contributed by atoms with Gasteiger partial charge in [-0.3, -0.25) is 4.79 Å². The molecule has 0 radical (unpaired) electrons. The van der Waals surface area contributed by atoms with Crippen LogP contribution in [-0.4, -0.2) is 56.6 Å². The monoisotopic (exact) mass is 509 g/mol. The molecule has 3 heterocycles. The number of nitrogens with zero attached hydrogens (tertiary/aromatic N) is 6. The summed E-state index contributed by atoms with van der Waals surface area (Å²) < 4.78 is 15.2. The second-order valence-corrected chi connectivity index (χ2v) is 9.62. The van der Waals surface area contributed by atoms with Crippen molar-refractivity contribution in [3.05, 3.63) is 84.2 Å². The fourth-order valence-electron chi connectivity index (χ4n) is 4.87. The molecule has 1 saturated heterocycles. The maximum Gasteiger partial charge on any atom is 0.256 e. The van der Waals surface area contributed by atoms with E-state index in [2.05, 4.69) is 52.5 Å². The molecule has 0 saturated carbocycles. The van der Waals surface area contributed by atoms with Gasteiger partial charge in [-0.25, -0.2) is 4.39 Å². The Kier molecular flexibility index (Phi) is 6.11. The smallest absolute Gasteiger partial charge is 0.256 e. The van der Waals surface area contributed by atoms with E-state index < -0.39 is 0 Å². The second kappa shape index (κ2) is 9.74. The van der Waals surface area contributed by atoms with Crippen LogP contribution in [-0.2, 0) is 4.79 Å². The lowest BCUT2D eigenvalue weighted by Crippen LogP contribution is -2.48. The highest BCUT2D eigenvalue weighted by molar-refractivity contribution is 5.83. The summed E-state index contributed by atoms with van der Waals surface area (Å²) in [4.78, 5) is 25.3. The SMILES string of the molecule is CC(=O)N1CCN(c2cc(N[C@H](C)c3ccc4ccccc4c3)n3nc(-c4ccc(F)cc4)nc3n2)CC1. The average molecular weight is 510 g/mol. The first-order chi connectivity index (χ1) is 18.4. The molecule has 38 heavy (non-hydrogen) atoms. The summed E-state index contributed by atoms with van der Waals surface area (Å²) >= 11 is 0. The number of aromatic nitrogens is 4. The Hall–Kier alpha value is -4.53. The highest BCUT2D eigenvalue weighted by Crippen LogP contribution is 2.27. The second-order valence-electron chi connectivity index (χ2n) is 9.62. The third-order valence-electron chi connectivity index (χ3n) is 7.09. The summed E-state index contributed by atoms with van der Waals surface area (Å²) in [6.45, 7) is 6.36. The number of rotatable bonds is 5. The molecule has 192 valence electrons. The van der Waals surface area contributed by atoms with Gasteiger partial charge in [0.2, 0.25) is 5.91 Å². The molecule has 0 unspecified atom stereocenters. The molecule has 1 N–H and O–H groups in total. The highest BCUT2D eigenvalue weighted by atomic mass is 19.1. The number of hydrogen-bond donors (Lipinski definition) is 1. The van der Waals surface area contributed by atoms with Crippen molar-refractivity contribution in [2.45, 2.75) is 19.9 Å². The van der Waals surface area contributed by atoms with Crippen LogP contribution in [0, 0.1) is 5.82 Å². The van der Waals surface area contributed by atoms with Gasteiger partial charge in [0.15, 0.2) is 5.82 Å². The van der Waals surface area contributed by atoms with E-state index in [0.29, 0.717) is 43.3 Å². The average Bonchev–Trinajstić information content (AvgIpc) is 3.38. The molecule has 1 atom stereocenters. The summed E-state index contributed by atoms with van der Waals surface area (Å²) in [5.41, 5.74) is 1.85. The van der Waals surface area contributed by atoms with Gasteiger partial charge in [-0.1, -0.05) is 36.4 Å². The lowest BCUT2D eigenvalue weighted by Gasteiger charge is -2.35. The number of fused-ring (bicyclic) bond motifs is 2. The zero-order valence-electron chi connectivity index (χ0n) is 21.3. The van der Waals surface area contributed by atoms with Gasteiger partial charge in [-0.05, 0) is 53.6 Å². The molecule has 1 aliphatic rings. The van der Waals surface area contributed by atoms with E-state index in [9.17, 15) is 9.18 Å².